The molecule has 3 rings (SSSR count). The average Bonchev–Trinajstić information content (AvgIpc) is 3.06. The molecule has 1 saturated heterocycles. The average molecular weight is 418 g/mol. The molecule has 0 spiro atoms. The number of carbonyl (C=O) groups is 2. The Balaban J connectivity index is 1.56. The number of hydrogen-bond donors (Lipinski definition) is 2. The third-order valence-corrected chi connectivity index (χ3v) is 5.41. The first-order chi connectivity index (χ1) is 13.8. The highest BCUT2D eigenvalue weighted by Gasteiger charge is 2.18. The normalized spacial score (nSPS) is 15.5. The second kappa shape index (κ2) is 9.01. The number of furan rings is 1. The maximum absolute atomic E-state index is 12.0. The van der Waals surface area contributed by atoms with Crippen LogP contribution in [0.4, 0.5) is 0 Å². The van der Waals surface area contributed by atoms with E-state index in [0.717, 1.165) is 19.3 Å². The van der Waals surface area contributed by atoms with Gasteiger partial charge in [-0.3, -0.25) is 9.59 Å². The van der Waals surface area contributed by atoms with Crippen molar-refractivity contribution < 1.29 is 22.4 Å². The minimum absolute atomic E-state index is 0.00856. The highest BCUT2D eigenvalue weighted by Crippen LogP contribution is 2.22. The molecule has 2 heterocycles. The number of primary sulfonamides is 1. The third-order valence-electron chi connectivity index (χ3n) is 4.48. The van der Waals surface area contributed by atoms with Crippen LogP contribution in [-0.4, -0.2) is 44.4 Å². The Hall–Kier alpha value is -2.98. The molecule has 0 saturated carbocycles. The van der Waals surface area contributed by atoms with Crippen LogP contribution < -0.4 is 10.6 Å². The Bertz CT molecular complexity index is 1010. The van der Waals surface area contributed by atoms with Crippen LogP contribution in [0.15, 0.2) is 50.8 Å². The fourth-order valence-corrected chi connectivity index (χ4v) is 3.48. The van der Waals surface area contributed by atoms with Gasteiger partial charge in [0.05, 0.1) is 11.1 Å². The molecule has 0 bridgehead atoms. The number of nitrogens with two attached hydrogens (primary N) is 1. The molecule has 1 aliphatic rings. The van der Waals surface area contributed by atoms with Gasteiger partial charge in [0, 0.05) is 18.5 Å². The Morgan fingerprint density at radius 2 is 1.93 bits per heavy atom. The van der Waals surface area contributed by atoms with E-state index in [4.69, 9.17) is 9.56 Å². The topological polar surface area (TPSA) is 135 Å². The van der Waals surface area contributed by atoms with Crippen LogP contribution in [0.3, 0.4) is 0 Å². The summed E-state index contributed by atoms with van der Waals surface area (Å²) in [4.78, 5) is 25.5. The molecular weight excluding hydrogens is 396 g/mol. The molecule has 1 aliphatic heterocycles. The minimum Gasteiger partial charge on any atom is -0.455 e. The summed E-state index contributed by atoms with van der Waals surface area (Å²) in [7, 11) is -3.75. The Morgan fingerprint density at radius 3 is 2.66 bits per heavy atom. The van der Waals surface area contributed by atoms with Gasteiger partial charge in [-0.2, -0.15) is 5.10 Å². The molecule has 29 heavy (non-hydrogen) atoms. The van der Waals surface area contributed by atoms with Crippen molar-refractivity contribution in [2.24, 2.45) is 10.2 Å². The van der Waals surface area contributed by atoms with E-state index >= 15 is 0 Å². The van der Waals surface area contributed by atoms with Gasteiger partial charge in [-0.05, 0) is 49.2 Å². The van der Waals surface area contributed by atoms with E-state index in [1.54, 1.807) is 29.2 Å². The second-order valence-electron chi connectivity index (χ2n) is 6.69. The SMILES string of the molecule is NS(=O)(=O)c1ccc(-c2ccc(/C=N\NC(=O)CN3CCCCCC3=O)o2)cc1. The molecule has 3 N–H and O–H groups in total. The van der Waals surface area contributed by atoms with E-state index in [1.165, 1.54) is 18.3 Å². The van der Waals surface area contributed by atoms with Gasteiger partial charge >= 0.3 is 0 Å². The summed E-state index contributed by atoms with van der Waals surface area (Å²) >= 11 is 0. The number of sulfonamides is 1. The van der Waals surface area contributed by atoms with Crippen molar-refractivity contribution >= 4 is 28.1 Å². The maximum atomic E-state index is 12.0. The molecule has 0 aliphatic carbocycles. The quantitative estimate of drug-likeness (QED) is 0.541. The zero-order valence-corrected chi connectivity index (χ0v) is 16.5. The van der Waals surface area contributed by atoms with Gasteiger partial charge in [0.1, 0.15) is 18.1 Å². The highest BCUT2D eigenvalue weighted by molar-refractivity contribution is 7.89. The zero-order chi connectivity index (χ0) is 20.9. The number of likely N-dealkylation sites (tertiary alicyclic amines) is 1. The van der Waals surface area contributed by atoms with Crippen molar-refractivity contribution in [3.63, 3.8) is 0 Å². The van der Waals surface area contributed by atoms with E-state index in [9.17, 15) is 18.0 Å². The van der Waals surface area contributed by atoms with Crippen molar-refractivity contribution in [1.29, 1.82) is 0 Å². The third kappa shape index (κ3) is 5.75. The highest BCUT2D eigenvalue weighted by atomic mass is 32.2. The second-order valence-corrected chi connectivity index (χ2v) is 8.25. The fourth-order valence-electron chi connectivity index (χ4n) is 2.97. The summed E-state index contributed by atoms with van der Waals surface area (Å²) in [6.07, 6.45) is 4.58. The number of nitrogens with zero attached hydrogens (tertiary/aromatic N) is 2. The molecule has 154 valence electrons. The zero-order valence-electron chi connectivity index (χ0n) is 15.7. The molecule has 1 aromatic heterocycles. The number of benzene rings is 1. The van der Waals surface area contributed by atoms with Gasteiger partial charge in [0.2, 0.25) is 15.9 Å². The first-order valence-electron chi connectivity index (χ1n) is 9.16. The van der Waals surface area contributed by atoms with Crippen molar-refractivity contribution in [2.75, 3.05) is 13.1 Å². The number of amides is 2. The first-order valence-corrected chi connectivity index (χ1v) is 10.7. The van der Waals surface area contributed by atoms with Gasteiger partial charge in [0.25, 0.3) is 5.91 Å². The lowest BCUT2D eigenvalue weighted by atomic mass is 10.2. The molecule has 9 nitrogen and oxygen atoms in total. The maximum Gasteiger partial charge on any atom is 0.259 e. The standard InChI is InChI=1S/C19H22N4O5S/c20-29(26,27)16-8-5-14(6-9-16)17-10-7-15(28-17)12-21-22-18(24)13-23-11-3-1-2-4-19(23)25/h5-10,12H,1-4,11,13H2,(H,22,24)(H2,20,26,27)/b21-12-. The molecule has 2 amide bonds. The summed E-state index contributed by atoms with van der Waals surface area (Å²) in [6, 6.07) is 9.32. The van der Waals surface area contributed by atoms with Crippen molar-refractivity contribution in [1.82, 2.24) is 10.3 Å². The predicted molar refractivity (Wildman–Crippen MR) is 106 cm³/mol. The summed E-state index contributed by atoms with van der Waals surface area (Å²) < 4.78 is 28.2. The van der Waals surface area contributed by atoms with Gasteiger partial charge < -0.3 is 9.32 Å². The number of rotatable bonds is 6. The van der Waals surface area contributed by atoms with Gasteiger partial charge in [-0.25, -0.2) is 19.0 Å². The van der Waals surface area contributed by atoms with Crippen LogP contribution in [-0.2, 0) is 19.6 Å². The number of hydrogen-bond acceptors (Lipinski definition) is 6. The molecule has 0 unspecified atom stereocenters. The first kappa shape index (κ1) is 20.7. The number of hydrazone groups is 1. The van der Waals surface area contributed by atoms with Crippen LogP contribution >= 0.6 is 0 Å². The monoisotopic (exact) mass is 418 g/mol. The van der Waals surface area contributed by atoms with Crippen molar-refractivity contribution in [2.45, 2.75) is 30.6 Å². The van der Waals surface area contributed by atoms with Gasteiger partial charge in [-0.1, -0.05) is 6.42 Å². The summed E-state index contributed by atoms with van der Waals surface area (Å²) in [5.74, 6) is 0.531. The number of carbonyl (C=O) groups excluding carboxylic acids is 2. The van der Waals surface area contributed by atoms with Crippen LogP contribution in [0, 0.1) is 0 Å². The van der Waals surface area contributed by atoms with E-state index in [0.29, 0.717) is 30.0 Å². The van der Waals surface area contributed by atoms with E-state index in [-0.39, 0.29) is 23.3 Å². The van der Waals surface area contributed by atoms with Crippen LogP contribution in [0.2, 0.25) is 0 Å². The molecular formula is C19H22N4O5S. The lowest BCUT2D eigenvalue weighted by Gasteiger charge is -2.18. The van der Waals surface area contributed by atoms with Crippen LogP contribution in [0.1, 0.15) is 31.4 Å². The minimum atomic E-state index is -3.75. The summed E-state index contributed by atoms with van der Waals surface area (Å²) in [5, 5.41) is 8.94. The molecule has 10 heteroatoms. The Kier molecular flexibility index (Phi) is 6.45. The lowest BCUT2D eigenvalue weighted by Crippen LogP contribution is -2.39. The smallest absolute Gasteiger partial charge is 0.259 e. The van der Waals surface area contributed by atoms with E-state index in [1.807, 2.05) is 0 Å². The summed E-state index contributed by atoms with van der Waals surface area (Å²) in [5.41, 5.74) is 3.06. The van der Waals surface area contributed by atoms with Gasteiger partial charge in [-0.15, -0.1) is 0 Å². The van der Waals surface area contributed by atoms with E-state index < -0.39 is 10.0 Å². The van der Waals surface area contributed by atoms with Crippen molar-refractivity contribution in [3.8, 4) is 11.3 Å². The molecule has 2 aromatic rings. The predicted octanol–water partition coefficient (Wildman–Crippen LogP) is 1.45. The van der Waals surface area contributed by atoms with E-state index in [2.05, 4.69) is 10.5 Å². The molecule has 0 atom stereocenters. The molecule has 0 radical (unpaired) electrons. The summed E-state index contributed by atoms with van der Waals surface area (Å²) in [6.45, 7) is 0.567. The van der Waals surface area contributed by atoms with Crippen molar-refractivity contribution in [3.05, 3.63) is 42.2 Å². The fraction of sp³-hybridized carbons (Fsp3) is 0.316. The van der Waals surface area contributed by atoms with Gasteiger partial charge in [0.15, 0.2) is 0 Å². The molecule has 1 fully saturated rings. The lowest BCUT2D eigenvalue weighted by molar-refractivity contribution is -0.135. The van der Waals surface area contributed by atoms with Crippen LogP contribution in [0.5, 0.6) is 0 Å². The Labute approximate surface area is 168 Å². The number of nitrogens with one attached hydrogen (secondary N) is 1. The molecule has 1 aromatic carbocycles. The largest absolute Gasteiger partial charge is 0.455 e. The Morgan fingerprint density at radius 1 is 1.17 bits per heavy atom. The van der Waals surface area contributed by atoms with Crippen LogP contribution in [0.25, 0.3) is 11.3 Å².